The third kappa shape index (κ3) is 4.47. The van der Waals surface area contributed by atoms with Crippen molar-refractivity contribution in [3.63, 3.8) is 0 Å². The van der Waals surface area contributed by atoms with Crippen LogP contribution in [0.2, 0.25) is 0 Å². The molecule has 1 N–H and O–H groups in total. The normalized spacial score (nSPS) is 17.8. The predicted molar refractivity (Wildman–Crippen MR) is 127 cm³/mol. The summed E-state index contributed by atoms with van der Waals surface area (Å²) in [5.41, 5.74) is 1.23. The number of rotatable bonds is 7. The number of ketones is 1. The van der Waals surface area contributed by atoms with Crippen LogP contribution in [0, 0.1) is 0 Å². The van der Waals surface area contributed by atoms with Gasteiger partial charge in [-0.05, 0) is 48.4 Å². The molecule has 0 spiro atoms. The monoisotopic (exact) mass is 445 g/mol. The third-order valence-electron chi connectivity index (χ3n) is 5.76. The quantitative estimate of drug-likeness (QED) is 0.324. The van der Waals surface area contributed by atoms with Gasteiger partial charge in [0.2, 0.25) is 0 Å². The van der Waals surface area contributed by atoms with Crippen LogP contribution in [-0.4, -0.2) is 48.1 Å². The lowest BCUT2D eigenvalue weighted by Gasteiger charge is -2.26. The van der Waals surface area contributed by atoms with E-state index in [1.807, 2.05) is 56.3 Å². The maximum atomic E-state index is 13.1. The zero-order valence-corrected chi connectivity index (χ0v) is 18.9. The predicted octanol–water partition coefficient (Wildman–Crippen LogP) is 4.70. The first-order valence-corrected chi connectivity index (χ1v) is 10.9. The summed E-state index contributed by atoms with van der Waals surface area (Å²) in [7, 11) is 1.56. The number of methoxy groups -OCH3 is 1. The second-order valence-corrected chi connectivity index (χ2v) is 8.25. The van der Waals surface area contributed by atoms with Crippen molar-refractivity contribution in [2.24, 2.45) is 0 Å². The molecule has 0 saturated carbocycles. The van der Waals surface area contributed by atoms with Gasteiger partial charge in [-0.2, -0.15) is 0 Å². The largest absolute Gasteiger partial charge is 0.507 e. The summed E-state index contributed by atoms with van der Waals surface area (Å²) < 4.78 is 11.0. The maximum Gasteiger partial charge on any atom is 0.295 e. The molecule has 6 nitrogen and oxygen atoms in total. The number of Topliss-reactive ketones (excluding diaryl/α,β-unsaturated/α-hetero) is 1. The number of hydrogen-bond acceptors (Lipinski definition) is 5. The Labute approximate surface area is 193 Å². The number of nitrogens with zero attached hydrogens (tertiary/aromatic N) is 1. The van der Waals surface area contributed by atoms with E-state index in [0.717, 1.165) is 10.8 Å². The number of fused-ring (bicyclic) bond motifs is 1. The van der Waals surface area contributed by atoms with Crippen molar-refractivity contribution in [1.29, 1.82) is 0 Å². The number of carbonyl (C=O) groups excluding carboxylic acids is 2. The first-order valence-electron chi connectivity index (χ1n) is 10.9. The highest BCUT2D eigenvalue weighted by Crippen LogP contribution is 2.40. The zero-order chi connectivity index (χ0) is 23.5. The van der Waals surface area contributed by atoms with Crippen molar-refractivity contribution >= 4 is 28.2 Å². The van der Waals surface area contributed by atoms with Crippen LogP contribution < -0.4 is 4.74 Å². The van der Waals surface area contributed by atoms with Gasteiger partial charge in [0, 0.05) is 12.1 Å². The number of likely N-dealkylation sites (tertiary alicyclic amines) is 1. The Balaban J connectivity index is 1.83. The highest BCUT2D eigenvalue weighted by atomic mass is 16.5. The van der Waals surface area contributed by atoms with Crippen LogP contribution in [0.15, 0.2) is 72.3 Å². The minimum atomic E-state index is -0.748. The molecule has 1 atom stereocenters. The van der Waals surface area contributed by atoms with E-state index in [1.54, 1.807) is 31.4 Å². The van der Waals surface area contributed by atoms with Crippen molar-refractivity contribution in [1.82, 2.24) is 4.90 Å². The summed E-state index contributed by atoms with van der Waals surface area (Å²) >= 11 is 0. The van der Waals surface area contributed by atoms with Crippen LogP contribution in [0.5, 0.6) is 5.75 Å². The summed E-state index contributed by atoms with van der Waals surface area (Å²) in [6, 6.07) is 19.7. The van der Waals surface area contributed by atoms with Crippen molar-refractivity contribution in [2.45, 2.75) is 26.0 Å². The van der Waals surface area contributed by atoms with E-state index in [0.29, 0.717) is 16.9 Å². The lowest BCUT2D eigenvalue weighted by Crippen LogP contribution is -2.33. The van der Waals surface area contributed by atoms with Crippen LogP contribution in [-0.2, 0) is 14.3 Å². The molecule has 0 radical (unpaired) electrons. The van der Waals surface area contributed by atoms with Crippen molar-refractivity contribution < 1.29 is 24.2 Å². The number of hydrogen-bond donors (Lipinski definition) is 1. The molecule has 1 fully saturated rings. The van der Waals surface area contributed by atoms with E-state index < -0.39 is 17.7 Å². The topological polar surface area (TPSA) is 76.1 Å². The van der Waals surface area contributed by atoms with Gasteiger partial charge in [-0.15, -0.1) is 0 Å². The van der Waals surface area contributed by atoms with E-state index in [4.69, 9.17) is 9.47 Å². The molecule has 1 unspecified atom stereocenters. The molecule has 1 heterocycles. The second kappa shape index (κ2) is 9.46. The third-order valence-corrected chi connectivity index (χ3v) is 5.76. The van der Waals surface area contributed by atoms with E-state index in [1.165, 1.54) is 4.90 Å². The number of amides is 1. The molecule has 1 amide bonds. The van der Waals surface area contributed by atoms with E-state index in [9.17, 15) is 14.7 Å². The highest BCUT2D eigenvalue weighted by molar-refractivity contribution is 6.46. The Morgan fingerprint density at radius 3 is 2.48 bits per heavy atom. The van der Waals surface area contributed by atoms with Gasteiger partial charge in [-0.25, -0.2) is 0 Å². The summed E-state index contributed by atoms with van der Waals surface area (Å²) in [6.45, 7) is 4.32. The van der Waals surface area contributed by atoms with Gasteiger partial charge in [0.05, 0.1) is 31.4 Å². The van der Waals surface area contributed by atoms with E-state index in [2.05, 4.69) is 0 Å². The summed E-state index contributed by atoms with van der Waals surface area (Å²) in [4.78, 5) is 27.6. The Morgan fingerprint density at radius 1 is 1.00 bits per heavy atom. The van der Waals surface area contributed by atoms with Gasteiger partial charge in [-0.3, -0.25) is 9.59 Å². The van der Waals surface area contributed by atoms with Crippen LogP contribution >= 0.6 is 0 Å². The lowest BCUT2D eigenvalue weighted by molar-refractivity contribution is -0.140. The van der Waals surface area contributed by atoms with Crippen LogP contribution in [0.25, 0.3) is 16.5 Å². The van der Waals surface area contributed by atoms with Crippen LogP contribution in [0.4, 0.5) is 0 Å². The van der Waals surface area contributed by atoms with Gasteiger partial charge in [0.25, 0.3) is 11.7 Å². The van der Waals surface area contributed by atoms with Gasteiger partial charge in [0.15, 0.2) is 0 Å². The molecule has 3 aromatic carbocycles. The van der Waals surface area contributed by atoms with E-state index >= 15 is 0 Å². The molecule has 0 bridgehead atoms. The minimum Gasteiger partial charge on any atom is -0.507 e. The fraction of sp³-hybridized carbons (Fsp3) is 0.259. The average molecular weight is 446 g/mol. The maximum absolute atomic E-state index is 13.1. The van der Waals surface area contributed by atoms with Gasteiger partial charge >= 0.3 is 0 Å². The summed E-state index contributed by atoms with van der Waals surface area (Å²) in [6.07, 6.45) is -0.00492. The molecule has 33 heavy (non-hydrogen) atoms. The number of benzene rings is 3. The molecule has 1 aliphatic heterocycles. The molecule has 1 saturated heterocycles. The van der Waals surface area contributed by atoms with Crippen molar-refractivity contribution in [3.8, 4) is 5.75 Å². The van der Waals surface area contributed by atoms with Crippen LogP contribution in [0.1, 0.15) is 31.0 Å². The lowest BCUT2D eigenvalue weighted by atomic mass is 9.94. The fourth-order valence-electron chi connectivity index (χ4n) is 4.15. The van der Waals surface area contributed by atoms with Crippen LogP contribution in [0.3, 0.4) is 0 Å². The molecule has 4 rings (SSSR count). The molecule has 0 aliphatic carbocycles. The molecule has 0 aromatic heterocycles. The SMILES string of the molecule is COc1cccc(C2/C(=C(/O)c3ccc4ccccc4c3)C(=O)C(=O)N2CCOC(C)C)c1. The Morgan fingerprint density at radius 2 is 1.76 bits per heavy atom. The Hall–Kier alpha value is -3.64. The smallest absolute Gasteiger partial charge is 0.295 e. The highest BCUT2D eigenvalue weighted by Gasteiger charge is 2.46. The van der Waals surface area contributed by atoms with Gasteiger partial charge in [-0.1, -0.05) is 48.5 Å². The molecule has 1 aliphatic rings. The molecule has 6 heteroatoms. The first kappa shape index (κ1) is 22.6. The molecular formula is C27H27NO5. The fourth-order valence-corrected chi connectivity index (χ4v) is 4.15. The Kier molecular flexibility index (Phi) is 6.47. The molecular weight excluding hydrogens is 418 g/mol. The number of ether oxygens (including phenoxy) is 2. The summed E-state index contributed by atoms with van der Waals surface area (Å²) in [5, 5.41) is 13.2. The number of aliphatic hydroxyl groups excluding tert-OH is 1. The first-order chi connectivity index (χ1) is 15.9. The number of carbonyl (C=O) groups is 2. The Bertz CT molecular complexity index is 1230. The van der Waals surface area contributed by atoms with Gasteiger partial charge in [0.1, 0.15) is 11.5 Å². The second-order valence-electron chi connectivity index (χ2n) is 8.25. The van der Waals surface area contributed by atoms with E-state index in [-0.39, 0.29) is 30.6 Å². The number of aliphatic hydroxyl groups is 1. The molecule has 3 aromatic rings. The zero-order valence-electron chi connectivity index (χ0n) is 18.9. The average Bonchev–Trinajstić information content (AvgIpc) is 3.08. The summed E-state index contributed by atoms with van der Waals surface area (Å²) in [5.74, 6) is -0.961. The van der Waals surface area contributed by atoms with Crippen molar-refractivity contribution in [2.75, 3.05) is 20.3 Å². The standard InChI is InChI=1S/C27H27NO5/c1-17(2)33-14-13-28-24(20-9-6-10-22(16-20)32-3)23(26(30)27(28)31)25(29)21-12-11-18-7-4-5-8-19(18)15-21/h4-12,15-17,24,29H,13-14H2,1-3H3/b25-23-. The molecule has 170 valence electrons. The van der Waals surface area contributed by atoms with Crippen molar-refractivity contribution in [3.05, 3.63) is 83.4 Å². The minimum absolute atomic E-state index is 0.00492. The van der Waals surface area contributed by atoms with Gasteiger partial charge < -0.3 is 19.5 Å².